The third kappa shape index (κ3) is 8.09. The molecule has 0 amide bonds. The number of aliphatic hydroxyl groups excluding tert-OH is 1. The van der Waals surface area contributed by atoms with Crippen LogP contribution in [0.25, 0.3) is 0 Å². The van der Waals surface area contributed by atoms with Gasteiger partial charge in [0.05, 0.1) is 15.9 Å². The van der Waals surface area contributed by atoms with Crippen molar-refractivity contribution in [1.29, 1.82) is 0 Å². The van der Waals surface area contributed by atoms with E-state index >= 15 is 0 Å². The van der Waals surface area contributed by atoms with E-state index in [0.717, 1.165) is 11.1 Å². The van der Waals surface area contributed by atoms with Gasteiger partial charge in [0.2, 0.25) is 9.84 Å². The first-order chi connectivity index (χ1) is 15.8. The second kappa shape index (κ2) is 13.3. The van der Waals surface area contributed by atoms with Gasteiger partial charge in [-0.15, -0.1) is 0 Å². The van der Waals surface area contributed by atoms with Crippen LogP contribution in [0.3, 0.4) is 0 Å². The molecule has 0 unspecified atom stereocenters. The zero-order valence-electron chi connectivity index (χ0n) is 18.9. The number of halogens is 1. The number of carbonyl (C=O) groups is 1. The maximum absolute atomic E-state index is 12.8. The second-order valence-electron chi connectivity index (χ2n) is 7.30. The van der Waals surface area contributed by atoms with Crippen LogP contribution >= 0.6 is 11.6 Å². The van der Waals surface area contributed by atoms with Gasteiger partial charge in [0.25, 0.3) is 0 Å². The Bertz CT molecular complexity index is 1190. The molecule has 0 heterocycles. The number of benzene rings is 3. The Balaban J connectivity index is 0.00000408. The summed E-state index contributed by atoms with van der Waals surface area (Å²) in [6.45, 7) is 2.19. The van der Waals surface area contributed by atoms with Gasteiger partial charge in [0.1, 0.15) is 0 Å². The molecule has 1 atom stereocenters. The monoisotopic (exact) mass is 512 g/mol. The fraction of sp³-hybridized carbons (Fsp3) is 0.208. The molecule has 3 rings (SSSR count). The number of hydrogen-bond acceptors (Lipinski definition) is 7. The smallest absolute Gasteiger partial charge is 0.352 e. The molecule has 175 valence electrons. The molecule has 0 aliphatic carbocycles. The Morgan fingerprint density at radius 2 is 1.65 bits per heavy atom. The SMILES string of the molecule is CC(=O)OOc1ccc(S(=O)(=O)c2ccc(CCNC[C@H](O)c3cccc(Cl)c3)cc2)cc1.[Na]. The van der Waals surface area contributed by atoms with Crippen molar-refractivity contribution in [2.75, 3.05) is 13.1 Å². The van der Waals surface area contributed by atoms with Gasteiger partial charge in [-0.25, -0.2) is 13.2 Å². The number of rotatable bonds is 10. The summed E-state index contributed by atoms with van der Waals surface area (Å²) in [5, 5.41) is 14.0. The molecule has 0 fully saturated rings. The molecule has 0 aliphatic rings. The van der Waals surface area contributed by atoms with Crippen molar-refractivity contribution in [3.63, 3.8) is 0 Å². The summed E-state index contributed by atoms with van der Waals surface area (Å²) in [5.41, 5.74) is 1.71. The van der Waals surface area contributed by atoms with Crippen LogP contribution in [0, 0.1) is 0 Å². The number of sulfone groups is 1. The van der Waals surface area contributed by atoms with E-state index in [0.29, 0.717) is 24.5 Å². The van der Waals surface area contributed by atoms with E-state index in [2.05, 4.69) is 10.2 Å². The maximum Gasteiger partial charge on any atom is 0.352 e. The summed E-state index contributed by atoms with van der Waals surface area (Å²) >= 11 is 5.95. The van der Waals surface area contributed by atoms with Gasteiger partial charge in [0.15, 0.2) is 5.75 Å². The number of hydrogen-bond donors (Lipinski definition) is 2. The van der Waals surface area contributed by atoms with E-state index < -0.39 is 21.9 Å². The van der Waals surface area contributed by atoms with Crippen LogP contribution in [0.1, 0.15) is 24.2 Å². The van der Waals surface area contributed by atoms with Gasteiger partial charge in [-0.05, 0) is 72.6 Å². The maximum atomic E-state index is 12.8. The molecule has 0 saturated carbocycles. The largest absolute Gasteiger partial charge is 0.387 e. The normalized spacial score (nSPS) is 11.9. The first kappa shape index (κ1) is 28.3. The van der Waals surface area contributed by atoms with Crippen LogP contribution in [0.5, 0.6) is 5.75 Å². The first-order valence-corrected chi connectivity index (χ1v) is 12.1. The van der Waals surface area contributed by atoms with Crippen LogP contribution in [0.15, 0.2) is 82.6 Å². The molecule has 3 aromatic rings. The van der Waals surface area contributed by atoms with Crippen LogP contribution < -0.4 is 10.2 Å². The standard InChI is InChI=1S/C24H24ClNO6S.Na/c1-17(27)31-32-21-7-11-23(12-8-21)33(29,30)22-9-5-18(6-10-22)13-14-26-16-24(28)19-3-2-4-20(25)15-19;/h2-12,15,24,26,28H,13-14,16H2,1H3;/t24-;/m0./s1. The fourth-order valence-corrected chi connectivity index (χ4v) is 4.52. The molecule has 0 spiro atoms. The van der Waals surface area contributed by atoms with Gasteiger partial charge >= 0.3 is 5.97 Å². The molecule has 2 N–H and O–H groups in total. The molecule has 0 aromatic heterocycles. The van der Waals surface area contributed by atoms with Gasteiger partial charge < -0.3 is 10.4 Å². The number of nitrogens with one attached hydrogen (secondary N) is 1. The van der Waals surface area contributed by atoms with Crippen molar-refractivity contribution in [2.45, 2.75) is 29.2 Å². The fourth-order valence-electron chi connectivity index (χ4n) is 3.06. The third-order valence-electron chi connectivity index (χ3n) is 4.78. The molecule has 7 nitrogen and oxygen atoms in total. The van der Waals surface area contributed by atoms with E-state index in [1.165, 1.54) is 31.2 Å². The van der Waals surface area contributed by atoms with Gasteiger partial charge in [0, 0.05) is 48.0 Å². The molecule has 0 bridgehead atoms. The average Bonchev–Trinajstić information content (AvgIpc) is 2.81. The summed E-state index contributed by atoms with van der Waals surface area (Å²) in [6, 6.07) is 19.3. The van der Waals surface area contributed by atoms with Crippen molar-refractivity contribution in [2.24, 2.45) is 0 Å². The van der Waals surface area contributed by atoms with Crippen molar-refractivity contribution in [3.05, 3.63) is 88.9 Å². The van der Waals surface area contributed by atoms with Crippen molar-refractivity contribution in [1.82, 2.24) is 5.32 Å². The van der Waals surface area contributed by atoms with Gasteiger partial charge in [-0.3, -0.25) is 9.78 Å². The molecule has 0 saturated heterocycles. The minimum atomic E-state index is -3.70. The predicted molar refractivity (Wildman–Crippen MR) is 129 cm³/mol. The van der Waals surface area contributed by atoms with E-state index in [1.807, 2.05) is 6.07 Å². The van der Waals surface area contributed by atoms with E-state index in [-0.39, 0.29) is 45.1 Å². The molecular formula is C24H24ClNNaO6S. The quantitative estimate of drug-likeness (QED) is 0.185. The Morgan fingerprint density at radius 1 is 1.03 bits per heavy atom. The van der Waals surface area contributed by atoms with Crippen LogP contribution in [-0.2, 0) is 25.9 Å². The van der Waals surface area contributed by atoms with E-state index in [9.17, 15) is 18.3 Å². The summed E-state index contributed by atoms with van der Waals surface area (Å²) in [7, 11) is -3.70. The number of carbonyl (C=O) groups excluding carboxylic acids is 1. The van der Waals surface area contributed by atoms with Crippen molar-refractivity contribution in [3.8, 4) is 5.75 Å². The Kier molecular flexibility index (Phi) is 11.0. The van der Waals surface area contributed by atoms with Crippen molar-refractivity contribution >= 4 is 57.0 Å². The summed E-state index contributed by atoms with van der Waals surface area (Å²) in [6.07, 6.45) is 0.00662. The molecule has 34 heavy (non-hydrogen) atoms. The zero-order chi connectivity index (χ0) is 23.8. The van der Waals surface area contributed by atoms with E-state index in [4.69, 9.17) is 16.5 Å². The van der Waals surface area contributed by atoms with Crippen LogP contribution in [-0.4, -0.2) is 62.1 Å². The van der Waals surface area contributed by atoms with Gasteiger partial charge in [-0.2, -0.15) is 0 Å². The van der Waals surface area contributed by atoms with Gasteiger partial charge in [-0.1, -0.05) is 35.9 Å². The Morgan fingerprint density at radius 3 is 2.24 bits per heavy atom. The van der Waals surface area contributed by atoms with E-state index in [1.54, 1.807) is 42.5 Å². The molecule has 3 aromatic carbocycles. The summed E-state index contributed by atoms with van der Waals surface area (Å²) in [5.74, 6) is -0.397. The molecule has 0 aliphatic heterocycles. The average molecular weight is 513 g/mol. The molecular weight excluding hydrogens is 489 g/mol. The predicted octanol–water partition coefficient (Wildman–Crippen LogP) is 3.51. The zero-order valence-corrected chi connectivity index (χ0v) is 22.5. The first-order valence-electron chi connectivity index (χ1n) is 10.2. The Labute approximate surface area is 226 Å². The van der Waals surface area contributed by atoms with Crippen molar-refractivity contribution < 1.29 is 28.1 Å². The summed E-state index contributed by atoms with van der Waals surface area (Å²) < 4.78 is 25.7. The van der Waals surface area contributed by atoms with Crippen LogP contribution in [0.2, 0.25) is 5.02 Å². The topological polar surface area (TPSA) is 102 Å². The van der Waals surface area contributed by atoms with Crippen LogP contribution in [0.4, 0.5) is 0 Å². The molecule has 10 heteroatoms. The number of aliphatic hydroxyl groups is 1. The third-order valence-corrected chi connectivity index (χ3v) is 6.81. The Hall–Kier alpha value is -1.91. The second-order valence-corrected chi connectivity index (χ2v) is 9.69. The summed E-state index contributed by atoms with van der Waals surface area (Å²) in [4.78, 5) is 20.2. The minimum Gasteiger partial charge on any atom is -0.387 e. The molecule has 1 radical (unpaired) electrons. The minimum absolute atomic E-state index is 0.